The molecule has 6 amide bonds. The first-order chi connectivity index (χ1) is 30.0. The van der Waals surface area contributed by atoms with Gasteiger partial charge in [0, 0.05) is 26.9 Å². The van der Waals surface area contributed by atoms with Crippen molar-refractivity contribution in [3.63, 3.8) is 0 Å². The molecule has 29 heteroatoms. The van der Waals surface area contributed by atoms with Crippen LogP contribution in [0.5, 0.6) is 0 Å². The molecular formula is C35H63N6O22P. The summed E-state index contributed by atoms with van der Waals surface area (Å²) < 4.78 is 54.5. The van der Waals surface area contributed by atoms with Gasteiger partial charge in [0.05, 0.1) is 51.7 Å². The lowest BCUT2D eigenvalue weighted by molar-refractivity contribution is -0.270. The van der Waals surface area contributed by atoms with Crippen LogP contribution in [0.4, 0.5) is 9.59 Å². The zero-order valence-corrected chi connectivity index (χ0v) is 36.9. The van der Waals surface area contributed by atoms with Crippen LogP contribution in [0.25, 0.3) is 0 Å². The second-order valence-electron chi connectivity index (χ2n) is 15.3. The summed E-state index contributed by atoms with van der Waals surface area (Å²) in [6, 6.07) is -2.31. The van der Waals surface area contributed by atoms with Crippen molar-refractivity contribution in [3.8, 4) is 0 Å². The van der Waals surface area contributed by atoms with E-state index in [4.69, 9.17) is 37.5 Å². The van der Waals surface area contributed by atoms with E-state index in [0.717, 1.165) is 0 Å². The number of hydrogen-bond acceptors (Lipinski definition) is 21. The number of phosphoric ester groups is 1. The Balaban J connectivity index is 1.80. The van der Waals surface area contributed by atoms with E-state index in [1.54, 1.807) is 0 Å². The summed E-state index contributed by atoms with van der Waals surface area (Å²) in [5.41, 5.74) is -1.13. The number of ether oxygens (including phenoxy) is 6. The largest absolute Gasteiger partial charge is 0.472 e. The Morgan fingerprint density at radius 3 is 1.52 bits per heavy atom. The third-order valence-electron chi connectivity index (χ3n) is 8.63. The van der Waals surface area contributed by atoms with Crippen LogP contribution >= 0.6 is 7.82 Å². The minimum Gasteiger partial charge on any atom is -0.446 e. The minimum absolute atomic E-state index is 0.00905. The molecule has 2 unspecified atom stereocenters. The smallest absolute Gasteiger partial charge is 0.446 e. The first kappa shape index (κ1) is 56.3. The molecule has 2 saturated heterocycles. The van der Waals surface area contributed by atoms with E-state index >= 15 is 0 Å². The summed E-state index contributed by atoms with van der Waals surface area (Å²) >= 11 is 0. The lowest BCUT2D eigenvalue weighted by Crippen LogP contribution is -2.64. The predicted molar refractivity (Wildman–Crippen MR) is 212 cm³/mol. The molecule has 2 fully saturated rings. The molecule has 28 nitrogen and oxygen atoms in total. The molecule has 64 heavy (non-hydrogen) atoms. The lowest BCUT2D eigenvalue weighted by atomic mass is 9.97. The van der Waals surface area contributed by atoms with Gasteiger partial charge in [-0.05, 0) is 33.6 Å². The Labute approximate surface area is 367 Å². The van der Waals surface area contributed by atoms with Gasteiger partial charge in [0.2, 0.25) is 23.6 Å². The van der Waals surface area contributed by atoms with E-state index in [0.29, 0.717) is 0 Å². The van der Waals surface area contributed by atoms with E-state index < -0.39 is 156 Å². The second kappa shape index (κ2) is 27.6. The molecule has 0 saturated carbocycles. The van der Waals surface area contributed by atoms with Gasteiger partial charge in [0.1, 0.15) is 55.3 Å². The molecule has 2 rings (SSSR count). The number of rotatable bonds is 25. The minimum atomic E-state index is -4.73. The highest BCUT2D eigenvalue weighted by Crippen LogP contribution is 2.47. The Morgan fingerprint density at radius 1 is 0.672 bits per heavy atom. The monoisotopic (exact) mass is 950 g/mol. The van der Waals surface area contributed by atoms with E-state index in [1.807, 2.05) is 0 Å². The SMILES string of the molecule is CC(=O)N[C@H]1[C@H](OCCCNC(=O)CNC(=O)OCC(COP(=O)(O)OC(C)(C)C)OC(=O)NCC(=O)NCCCO[C@@H]2O[C@H](CO)[C@H](O)[C@H](O)[C@H]2NC(C)=O)O[C@H](CO)[C@H](O)[C@@H]1O. The van der Waals surface area contributed by atoms with E-state index in [9.17, 15) is 68.9 Å². The van der Waals surface area contributed by atoms with Gasteiger partial charge in [-0.15, -0.1) is 0 Å². The average Bonchev–Trinajstić information content (AvgIpc) is 3.20. The Bertz CT molecular complexity index is 1560. The van der Waals surface area contributed by atoms with Gasteiger partial charge >= 0.3 is 20.0 Å². The van der Waals surface area contributed by atoms with Crippen LogP contribution < -0.4 is 31.9 Å². The number of aliphatic hydroxyl groups excluding tert-OH is 6. The average molecular weight is 951 g/mol. The molecule has 12 atom stereocenters. The van der Waals surface area contributed by atoms with Crippen molar-refractivity contribution in [1.82, 2.24) is 31.9 Å². The van der Waals surface area contributed by atoms with Crippen molar-refractivity contribution in [2.75, 3.05) is 65.8 Å². The Hall–Kier alpha value is -3.87. The molecule has 2 aliphatic rings. The Morgan fingerprint density at radius 2 is 1.11 bits per heavy atom. The van der Waals surface area contributed by atoms with Crippen molar-refractivity contribution >= 4 is 43.6 Å². The van der Waals surface area contributed by atoms with Gasteiger partial charge in [-0.3, -0.25) is 28.2 Å². The molecule has 0 aromatic rings. The molecule has 370 valence electrons. The first-order valence-corrected chi connectivity index (χ1v) is 21.5. The highest BCUT2D eigenvalue weighted by molar-refractivity contribution is 7.47. The predicted octanol–water partition coefficient (Wildman–Crippen LogP) is -5.33. The van der Waals surface area contributed by atoms with Crippen LogP contribution in [0.1, 0.15) is 47.5 Å². The topological polar surface area (TPSA) is 407 Å². The van der Waals surface area contributed by atoms with Crippen LogP contribution in [-0.4, -0.2) is 210 Å². The molecular weight excluding hydrogens is 887 g/mol. The molecule has 13 N–H and O–H groups in total. The van der Waals surface area contributed by atoms with E-state index in [-0.39, 0.29) is 39.1 Å². The van der Waals surface area contributed by atoms with Gasteiger partial charge < -0.3 is 95.9 Å². The summed E-state index contributed by atoms with van der Waals surface area (Å²) in [6.45, 7) is 2.59. The van der Waals surface area contributed by atoms with Gasteiger partial charge in [0.15, 0.2) is 18.7 Å². The fraction of sp³-hybridized carbons (Fsp3) is 0.829. The zero-order valence-electron chi connectivity index (χ0n) is 36.0. The molecule has 0 bridgehead atoms. The van der Waals surface area contributed by atoms with E-state index in [2.05, 4.69) is 31.9 Å². The quantitative estimate of drug-likeness (QED) is 0.0300. The fourth-order valence-corrected chi connectivity index (χ4v) is 6.83. The summed E-state index contributed by atoms with van der Waals surface area (Å²) in [6.07, 6.45) is -14.4. The van der Waals surface area contributed by atoms with Gasteiger partial charge in [-0.1, -0.05) is 0 Å². The van der Waals surface area contributed by atoms with E-state index in [1.165, 1.54) is 34.6 Å². The number of amides is 6. The zero-order chi connectivity index (χ0) is 48.2. The van der Waals surface area contributed by atoms with Crippen LogP contribution in [0, 0.1) is 0 Å². The van der Waals surface area contributed by atoms with Crippen molar-refractivity contribution in [1.29, 1.82) is 0 Å². The summed E-state index contributed by atoms with van der Waals surface area (Å²) in [5.74, 6) is -2.44. The van der Waals surface area contributed by atoms with Crippen molar-refractivity contribution in [2.45, 2.75) is 120 Å². The molecule has 0 aromatic heterocycles. The maximum absolute atomic E-state index is 12.6. The van der Waals surface area contributed by atoms with Crippen LogP contribution in [0.15, 0.2) is 0 Å². The van der Waals surface area contributed by atoms with Gasteiger partial charge in [-0.2, -0.15) is 0 Å². The maximum Gasteiger partial charge on any atom is 0.472 e. The number of phosphoric acid groups is 1. The maximum atomic E-state index is 12.6. The molecule has 0 radical (unpaired) electrons. The molecule has 0 aliphatic carbocycles. The van der Waals surface area contributed by atoms with Gasteiger partial charge in [-0.25, -0.2) is 14.2 Å². The number of carbonyl (C=O) groups is 6. The fourth-order valence-electron chi connectivity index (χ4n) is 5.73. The molecule has 0 spiro atoms. The van der Waals surface area contributed by atoms with Crippen molar-refractivity contribution in [2.24, 2.45) is 0 Å². The number of carbonyl (C=O) groups excluding carboxylic acids is 6. The van der Waals surface area contributed by atoms with Crippen molar-refractivity contribution < 1.29 is 106 Å². The number of nitrogens with one attached hydrogen (secondary N) is 6. The molecule has 0 aromatic carbocycles. The summed E-state index contributed by atoms with van der Waals surface area (Å²) in [7, 11) is -4.73. The van der Waals surface area contributed by atoms with Crippen LogP contribution in [0.3, 0.4) is 0 Å². The number of alkyl carbamates (subject to hydrolysis) is 2. The number of hydrogen-bond donors (Lipinski definition) is 13. The van der Waals surface area contributed by atoms with Gasteiger partial charge in [0.25, 0.3) is 0 Å². The van der Waals surface area contributed by atoms with Crippen LogP contribution in [0.2, 0.25) is 0 Å². The number of aliphatic hydroxyl groups is 6. The summed E-state index contributed by atoms with van der Waals surface area (Å²) in [4.78, 5) is 82.8. The molecule has 2 aliphatic heterocycles. The Kier molecular flexibility index (Phi) is 24.2. The lowest BCUT2D eigenvalue weighted by Gasteiger charge is -2.42. The molecule has 2 heterocycles. The highest BCUT2D eigenvalue weighted by Gasteiger charge is 2.46. The first-order valence-electron chi connectivity index (χ1n) is 20.1. The highest BCUT2D eigenvalue weighted by atomic mass is 31.2. The third kappa shape index (κ3) is 21.0. The van der Waals surface area contributed by atoms with Crippen molar-refractivity contribution in [3.05, 3.63) is 0 Å². The standard InChI is InChI=1S/C35H63N6O22P/c1-18(44)40-25-29(50)27(48)21(14-42)61-31(25)56-10-6-8-36-23(46)12-38-33(52)58-16-20(17-59-64(54,55)63-35(3,4)5)60-34(53)39-13-24(47)37-9-7-11-57-32-26(41-19(2)45)30(51)28(49)22(15-43)62-32/h20-22,25-32,42-43,48-51H,6-17H2,1-5H3,(H,36,46)(H,37,47)(H,38,52)(H,39,53)(H,40,44)(H,41,45)(H,54,55)/t20?,21-,22-,25-,26-,27+,28+,29-,30-,31-,32-/m1/s1. The second-order valence-corrected chi connectivity index (χ2v) is 16.7. The summed E-state index contributed by atoms with van der Waals surface area (Å²) in [5, 5.41) is 73.9. The third-order valence-corrected chi connectivity index (χ3v) is 9.88. The van der Waals surface area contributed by atoms with Crippen LogP contribution in [-0.2, 0) is 61.2 Å². The normalized spacial score (nSPS) is 27.2.